The third-order valence-corrected chi connectivity index (χ3v) is 13.6. The Hall–Kier alpha value is -9.34. The van der Waals surface area contributed by atoms with E-state index < -0.39 is 23.5 Å². The molecule has 9 aromatic carbocycles. The van der Waals surface area contributed by atoms with Gasteiger partial charge in [-0.25, -0.2) is 15.0 Å². The van der Waals surface area contributed by atoms with Gasteiger partial charge in [-0.05, 0) is 134 Å². The van der Waals surface area contributed by atoms with Crippen molar-refractivity contribution in [3.8, 4) is 73.9 Å². The van der Waals surface area contributed by atoms with Crippen molar-refractivity contribution in [3.05, 3.63) is 222 Å². The van der Waals surface area contributed by atoms with Crippen LogP contribution in [-0.2, 0) is 12.4 Å². The highest BCUT2D eigenvalue weighted by Gasteiger charge is 2.33. The van der Waals surface area contributed by atoms with E-state index in [1.54, 1.807) is 12.1 Å². The molecule has 0 aliphatic rings. The Morgan fingerprint density at radius 3 is 1.38 bits per heavy atom. The lowest BCUT2D eigenvalue weighted by Crippen LogP contribution is -2.05. The minimum atomic E-state index is -4.60. The number of nitriles is 1. The average molecular weight is 981 g/mol. The van der Waals surface area contributed by atoms with E-state index in [0.717, 1.165) is 45.5 Å². The second-order valence-electron chi connectivity index (χ2n) is 18.4. The molecule has 0 spiro atoms. The first-order valence-corrected chi connectivity index (χ1v) is 23.6. The van der Waals surface area contributed by atoms with E-state index in [1.807, 2.05) is 169 Å². The van der Waals surface area contributed by atoms with Crippen LogP contribution in [0.25, 0.3) is 111 Å². The van der Waals surface area contributed by atoms with Crippen LogP contribution in [-0.4, -0.2) is 24.1 Å². The molecule has 0 radical (unpaired) electrons. The highest BCUT2D eigenvalue weighted by molar-refractivity contribution is 6.12. The fraction of sp³-hybridized carbons (Fsp3) is 0.0645. The van der Waals surface area contributed by atoms with Crippen LogP contribution in [0.3, 0.4) is 0 Å². The van der Waals surface area contributed by atoms with Crippen LogP contribution >= 0.6 is 0 Å². The molecule has 0 fully saturated rings. The summed E-state index contributed by atoms with van der Waals surface area (Å²) in [4.78, 5) is 15.3. The third-order valence-electron chi connectivity index (χ3n) is 13.6. The van der Waals surface area contributed by atoms with Gasteiger partial charge in [0.15, 0.2) is 17.5 Å². The summed E-state index contributed by atoms with van der Waals surface area (Å²) in [5, 5.41) is 11.8. The maximum atomic E-state index is 14.5. The van der Waals surface area contributed by atoms with Gasteiger partial charge in [0.25, 0.3) is 0 Å². The van der Waals surface area contributed by atoms with Crippen molar-refractivity contribution in [1.82, 2.24) is 24.1 Å². The topological polar surface area (TPSA) is 72.3 Å². The summed E-state index contributed by atoms with van der Waals surface area (Å²) < 4.78 is 90.6. The lowest BCUT2D eigenvalue weighted by molar-refractivity contribution is -0.138. The highest BCUT2D eigenvalue weighted by atomic mass is 19.4. The quantitative estimate of drug-likeness (QED) is 0.149. The van der Waals surface area contributed by atoms with Crippen LogP contribution in [0.5, 0.6) is 0 Å². The van der Waals surface area contributed by atoms with Crippen LogP contribution in [0.1, 0.15) is 27.8 Å². The number of fused-ring (bicyclic) bond motifs is 6. The zero-order valence-electron chi connectivity index (χ0n) is 39.4. The van der Waals surface area contributed by atoms with Gasteiger partial charge in [-0.2, -0.15) is 31.6 Å². The summed E-state index contributed by atoms with van der Waals surface area (Å²) in [6, 6.07) is 59.1. The molecule has 74 heavy (non-hydrogen) atoms. The van der Waals surface area contributed by atoms with Gasteiger partial charge in [0.05, 0.1) is 50.5 Å². The maximum Gasteiger partial charge on any atom is 0.416 e. The van der Waals surface area contributed by atoms with Gasteiger partial charge in [-0.1, -0.05) is 102 Å². The molecule has 0 saturated heterocycles. The second-order valence-corrected chi connectivity index (χ2v) is 18.4. The zero-order chi connectivity index (χ0) is 51.0. The van der Waals surface area contributed by atoms with E-state index in [0.29, 0.717) is 94.7 Å². The number of halogens is 6. The van der Waals surface area contributed by atoms with Crippen LogP contribution < -0.4 is 0 Å². The number of aromatic nitrogens is 5. The van der Waals surface area contributed by atoms with E-state index in [4.69, 9.17) is 15.0 Å². The molecule has 12 heteroatoms. The van der Waals surface area contributed by atoms with Crippen molar-refractivity contribution >= 4 is 43.6 Å². The number of alkyl halides is 6. The Bertz CT molecular complexity index is 4190. The van der Waals surface area contributed by atoms with Crippen molar-refractivity contribution in [2.75, 3.05) is 0 Å². The summed E-state index contributed by atoms with van der Waals surface area (Å²) in [6.07, 6.45) is -9.18. The summed E-state index contributed by atoms with van der Waals surface area (Å²) in [5.41, 5.74) is 9.10. The molecule has 6 nitrogen and oxygen atoms in total. The summed E-state index contributed by atoms with van der Waals surface area (Å²) >= 11 is 0. The molecule has 3 aromatic heterocycles. The molecule has 0 aliphatic carbocycles. The average Bonchev–Trinajstić information content (AvgIpc) is 3.91. The lowest BCUT2D eigenvalue weighted by Gasteiger charge is -2.20. The molecule has 3 heterocycles. The highest BCUT2D eigenvalue weighted by Crippen LogP contribution is 2.45. The van der Waals surface area contributed by atoms with E-state index in [-0.39, 0.29) is 0 Å². The smallest absolute Gasteiger partial charge is 0.309 e. The van der Waals surface area contributed by atoms with Crippen LogP contribution in [0.2, 0.25) is 0 Å². The molecular formula is C62H38F6N6. The van der Waals surface area contributed by atoms with E-state index in [1.165, 1.54) is 24.3 Å². The Morgan fingerprint density at radius 2 is 0.865 bits per heavy atom. The van der Waals surface area contributed by atoms with E-state index >= 15 is 0 Å². The van der Waals surface area contributed by atoms with Gasteiger partial charge in [0.1, 0.15) is 0 Å². The molecule has 358 valence electrons. The number of aryl methyl sites for hydroxylation is 2. The first-order valence-electron chi connectivity index (χ1n) is 23.6. The van der Waals surface area contributed by atoms with Gasteiger partial charge < -0.3 is 9.13 Å². The van der Waals surface area contributed by atoms with Crippen molar-refractivity contribution in [2.24, 2.45) is 0 Å². The fourth-order valence-corrected chi connectivity index (χ4v) is 10.0. The molecule has 12 rings (SSSR count). The van der Waals surface area contributed by atoms with Gasteiger partial charge in [0, 0.05) is 49.5 Å². The molecule has 0 N–H and O–H groups in total. The molecule has 0 saturated carbocycles. The SMILES string of the molecule is Cc1ccc2c(c1)c1cc(C(F)(F)F)ccc1n2-c1ccc(-c2nc(-c3ccccc3)nc(-c3ccccc3)n2)c(-c2cc(-c3ccc(C#N)cc3)ccc2-n2c3ccc(C)cc3c3cc(C(F)(F)F)ccc32)c1. The Balaban J connectivity index is 1.22. The first kappa shape index (κ1) is 45.8. The minimum absolute atomic E-state index is 0.314. The van der Waals surface area contributed by atoms with Crippen molar-refractivity contribution in [1.29, 1.82) is 5.26 Å². The van der Waals surface area contributed by atoms with Crippen LogP contribution in [0.4, 0.5) is 26.3 Å². The Labute approximate surface area is 419 Å². The Morgan fingerprint density at radius 1 is 0.392 bits per heavy atom. The summed E-state index contributed by atoms with van der Waals surface area (Å²) in [5.74, 6) is 1.13. The molecule has 12 aromatic rings. The molecule has 0 amide bonds. The number of benzene rings is 9. The predicted molar refractivity (Wildman–Crippen MR) is 280 cm³/mol. The zero-order valence-corrected chi connectivity index (χ0v) is 39.4. The normalized spacial score (nSPS) is 12.0. The number of rotatable bonds is 7. The standard InChI is InChI=1S/C62H38F6N6/c1-36-13-24-53-48(29-36)51-32-43(61(63,64)65)20-27-54(51)73(53)45-22-23-46(60-71-58(40-9-5-3-6-10-40)70-59(72-60)41-11-7-4-8-12-41)47(34-45)50-31-42(39-17-15-38(35-69)16-18-39)19-26-56(50)74-55-25-14-37(2)30-49(55)52-33-44(62(66,67)68)21-28-57(52)74/h3-34H,1-2H3. The number of nitrogens with zero attached hydrogens (tertiary/aromatic N) is 6. The van der Waals surface area contributed by atoms with E-state index in [9.17, 15) is 31.6 Å². The molecule has 0 unspecified atom stereocenters. The van der Waals surface area contributed by atoms with Crippen LogP contribution in [0.15, 0.2) is 194 Å². The fourth-order valence-electron chi connectivity index (χ4n) is 10.0. The van der Waals surface area contributed by atoms with Crippen LogP contribution in [0, 0.1) is 25.2 Å². The molecule has 0 bridgehead atoms. The molecular weight excluding hydrogens is 943 g/mol. The number of hydrogen-bond donors (Lipinski definition) is 0. The largest absolute Gasteiger partial charge is 0.416 e. The minimum Gasteiger partial charge on any atom is -0.309 e. The third kappa shape index (κ3) is 7.99. The summed E-state index contributed by atoms with van der Waals surface area (Å²) in [7, 11) is 0. The Kier molecular flexibility index (Phi) is 10.8. The molecule has 0 atom stereocenters. The second kappa shape index (κ2) is 17.5. The van der Waals surface area contributed by atoms with E-state index in [2.05, 4.69) is 6.07 Å². The van der Waals surface area contributed by atoms with Crippen molar-refractivity contribution < 1.29 is 26.3 Å². The first-order chi connectivity index (χ1) is 35.7. The maximum absolute atomic E-state index is 14.5. The monoisotopic (exact) mass is 980 g/mol. The summed E-state index contributed by atoms with van der Waals surface area (Å²) in [6.45, 7) is 3.79. The van der Waals surface area contributed by atoms with Crippen molar-refractivity contribution in [2.45, 2.75) is 26.2 Å². The number of hydrogen-bond acceptors (Lipinski definition) is 4. The predicted octanol–water partition coefficient (Wildman–Crippen LogP) is 16.9. The molecule has 0 aliphatic heterocycles. The van der Waals surface area contributed by atoms with Crippen molar-refractivity contribution in [3.63, 3.8) is 0 Å². The van der Waals surface area contributed by atoms with Gasteiger partial charge in [-0.3, -0.25) is 0 Å². The van der Waals surface area contributed by atoms with Gasteiger partial charge in [-0.15, -0.1) is 0 Å². The van der Waals surface area contributed by atoms with Gasteiger partial charge >= 0.3 is 12.4 Å². The van der Waals surface area contributed by atoms with Gasteiger partial charge in [0.2, 0.25) is 0 Å². The lowest BCUT2D eigenvalue weighted by atomic mass is 9.92.